The maximum absolute atomic E-state index is 14.3. The average Bonchev–Trinajstić information content (AvgIpc) is 3.91. The number of fused-ring (bicyclic) bond motifs is 2. The predicted octanol–water partition coefficient (Wildman–Crippen LogP) is 2.71. The molecule has 2 fully saturated rings. The van der Waals surface area contributed by atoms with Gasteiger partial charge >= 0.3 is 12.1 Å². The molecule has 4 atom stereocenters. The smallest absolute Gasteiger partial charge is 0.416 e. The van der Waals surface area contributed by atoms with E-state index in [1.54, 1.807) is 6.07 Å². The molecule has 54 heavy (non-hydrogen) atoms. The van der Waals surface area contributed by atoms with E-state index in [9.17, 15) is 47.0 Å². The molecule has 6 rings (SSSR count). The Kier molecular flexibility index (Phi) is 11.3. The van der Waals surface area contributed by atoms with E-state index in [1.165, 1.54) is 34.5 Å². The molecular formula is C35H35F3N6O9S. The summed E-state index contributed by atoms with van der Waals surface area (Å²) in [4.78, 5) is 84.7. The van der Waals surface area contributed by atoms with Gasteiger partial charge in [-0.05, 0) is 62.4 Å². The third-order valence-corrected chi connectivity index (χ3v) is 10.1. The first-order chi connectivity index (χ1) is 25.8. The minimum absolute atomic E-state index is 0.0142. The lowest BCUT2D eigenvalue weighted by molar-refractivity contribution is -0.144. The molecule has 3 aromatic rings. The van der Waals surface area contributed by atoms with Crippen LogP contribution in [0.3, 0.4) is 0 Å². The van der Waals surface area contributed by atoms with E-state index < -0.39 is 71.4 Å². The van der Waals surface area contributed by atoms with Crippen molar-refractivity contribution in [3.05, 3.63) is 64.7 Å². The van der Waals surface area contributed by atoms with E-state index in [0.29, 0.717) is 29.9 Å². The SMILES string of the molecule is O=C1CC[C@@H](C(=O)O)NC(=O)[C@@H]2C[C@@H](NC(=O)c3csc(-c4ccc(C(F)(F)F)cc4)n3)CN2C(=O)[C@@H](NC(=O)c2ccc3c(c2)OCO3)CCCCN1. The molecule has 4 heterocycles. The highest BCUT2D eigenvalue weighted by molar-refractivity contribution is 7.13. The van der Waals surface area contributed by atoms with Gasteiger partial charge in [0, 0.05) is 42.1 Å². The van der Waals surface area contributed by atoms with Crippen molar-refractivity contribution >= 4 is 46.8 Å². The van der Waals surface area contributed by atoms with Gasteiger partial charge in [0.05, 0.1) is 5.56 Å². The largest absolute Gasteiger partial charge is 0.480 e. The van der Waals surface area contributed by atoms with Crippen LogP contribution in [0.1, 0.15) is 64.9 Å². The van der Waals surface area contributed by atoms with Gasteiger partial charge in [-0.1, -0.05) is 12.1 Å². The number of nitrogens with zero attached hydrogens (tertiary/aromatic N) is 2. The standard InChI is InChI=1S/C35H35F3N6O9S/c36-35(37,38)20-7-4-18(5-8-20)32-43-24(16-54-32)30(47)40-21-14-25-31(48)42-23(34(50)51)9-11-28(45)39-12-2-1-3-22(33(49)44(25)15-21)41-29(46)19-6-10-26-27(13-19)53-17-52-26/h4-8,10,13,16,21-23,25H,1-3,9,11-12,14-15,17H2,(H,39,45)(H,40,47)(H,41,46)(H,42,48)(H,50,51)/t21-,22+,23+,25+/m1/s1. The highest BCUT2D eigenvalue weighted by atomic mass is 32.1. The summed E-state index contributed by atoms with van der Waals surface area (Å²) in [5, 5.41) is 22.2. The number of carbonyl (C=O) groups is 6. The summed E-state index contributed by atoms with van der Waals surface area (Å²) in [5.41, 5.74) is -0.342. The van der Waals surface area contributed by atoms with Crippen LogP contribution in [0.25, 0.3) is 10.6 Å². The Morgan fingerprint density at radius 3 is 2.46 bits per heavy atom. The molecule has 286 valence electrons. The van der Waals surface area contributed by atoms with Gasteiger partial charge in [0.15, 0.2) is 11.5 Å². The number of carboxylic acid groups (broad SMARTS) is 1. The maximum atomic E-state index is 14.3. The molecule has 0 unspecified atom stereocenters. The van der Waals surface area contributed by atoms with Crippen molar-refractivity contribution in [2.45, 2.75) is 68.9 Å². The second-order valence-electron chi connectivity index (χ2n) is 12.9. The molecule has 0 saturated carbocycles. The minimum atomic E-state index is -4.52. The van der Waals surface area contributed by atoms with Crippen LogP contribution in [-0.4, -0.2) is 94.5 Å². The Bertz CT molecular complexity index is 1940. The van der Waals surface area contributed by atoms with E-state index in [1.807, 2.05) is 0 Å². The molecule has 2 aromatic carbocycles. The topological polar surface area (TPSA) is 205 Å². The molecular weight excluding hydrogens is 737 g/mol. The fraction of sp³-hybridized carbons (Fsp3) is 0.400. The van der Waals surface area contributed by atoms with Crippen LogP contribution in [0.4, 0.5) is 13.2 Å². The molecule has 19 heteroatoms. The van der Waals surface area contributed by atoms with Crippen molar-refractivity contribution in [1.82, 2.24) is 31.2 Å². The summed E-state index contributed by atoms with van der Waals surface area (Å²) < 4.78 is 49.8. The van der Waals surface area contributed by atoms with E-state index in [4.69, 9.17) is 9.47 Å². The fourth-order valence-electron chi connectivity index (χ4n) is 6.33. The number of hydrogen-bond donors (Lipinski definition) is 5. The van der Waals surface area contributed by atoms with E-state index >= 15 is 0 Å². The number of benzene rings is 2. The summed E-state index contributed by atoms with van der Waals surface area (Å²) in [6.07, 6.45) is -4.11. The Morgan fingerprint density at radius 2 is 1.72 bits per heavy atom. The summed E-state index contributed by atoms with van der Waals surface area (Å²) in [7, 11) is 0. The van der Waals surface area contributed by atoms with Gasteiger partial charge in [0.2, 0.25) is 24.5 Å². The fourth-order valence-corrected chi connectivity index (χ4v) is 7.14. The maximum Gasteiger partial charge on any atom is 0.416 e. The molecule has 0 aliphatic carbocycles. The first-order valence-corrected chi connectivity index (χ1v) is 17.9. The van der Waals surface area contributed by atoms with Gasteiger partial charge in [-0.3, -0.25) is 24.0 Å². The van der Waals surface area contributed by atoms with Gasteiger partial charge in [-0.2, -0.15) is 13.2 Å². The predicted molar refractivity (Wildman–Crippen MR) is 183 cm³/mol. The molecule has 0 radical (unpaired) electrons. The van der Waals surface area contributed by atoms with Gasteiger partial charge in [-0.15, -0.1) is 11.3 Å². The van der Waals surface area contributed by atoms with Gasteiger partial charge in [0.1, 0.15) is 28.8 Å². The number of alkyl halides is 3. The van der Waals surface area contributed by atoms with Gasteiger partial charge in [0.25, 0.3) is 11.8 Å². The number of halogens is 3. The Labute approximate surface area is 309 Å². The van der Waals surface area contributed by atoms with Crippen molar-refractivity contribution in [3.8, 4) is 22.1 Å². The zero-order valence-electron chi connectivity index (χ0n) is 28.4. The number of rotatable bonds is 6. The average molecular weight is 773 g/mol. The summed E-state index contributed by atoms with van der Waals surface area (Å²) >= 11 is 1.03. The van der Waals surface area contributed by atoms with Crippen LogP contribution in [0.5, 0.6) is 11.5 Å². The molecule has 2 saturated heterocycles. The van der Waals surface area contributed by atoms with Crippen LogP contribution in [0, 0.1) is 0 Å². The van der Waals surface area contributed by atoms with Crippen molar-refractivity contribution in [1.29, 1.82) is 0 Å². The molecule has 1 aromatic heterocycles. The Hall–Kier alpha value is -5.72. The van der Waals surface area contributed by atoms with Gasteiger partial charge in [-0.25, -0.2) is 9.78 Å². The third kappa shape index (κ3) is 8.90. The quantitative estimate of drug-likeness (QED) is 0.248. The van der Waals surface area contributed by atoms with Crippen LogP contribution < -0.4 is 30.7 Å². The summed E-state index contributed by atoms with van der Waals surface area (Å²) in [6, 6.07) is 4.11. The number of nitrogens with one attached hydrogen (secondary N) is 4. The molecule has 5 amide bonds. The lowest BCUT2D eigenvalue weighted by atomic mass is 10.1. The number of amides is 5. The normalized spacial score (nSPS) is 22.3. The van der Waals surface area contributed by atoms with E-state index in [2.05, 4.69) is 26.3 Å². The minimum Gasteiger partial charge on any atom is -0.480 e. The first kappa shape index (κ1) is 38.0. The molecule has 3 aliphatic heterocycles. The van der Waals surface area contributed by atoms with Crippen LogP contribution in [-0.2, 0) is 25.4 Å². The lowest BCUT2D eigenvalue weighted by Gasteiger charge is -2.29. The highest BCUT2D eigenvalue weighted by Crippen LogP contribution is 2.33. The number of ether oxygens (including phenoxy) is 2. The lowest BCUT2D eigenvalue weighted by Crippen LogP contribution is -2.55. The monoisotopic (exact) mass is 772 g/mol. The Morgan fingerprint density at radius 1 is 0.963 bits per heavy atom. The third-order valence-electron chi connectivity index (χ3n) is 9.17. The van der Waals surface area contributed by atoms with Crippen LogP contribution >= 0.6 is 11.3 Å². The number of thiazole rings is 1. The zero-order chi connectivity index (χ0) is 38.6. The summed E-state index contributed by atoms with van der Waals surface area (Å²) in [5.74, 6) is -3.77. The summed E-state index contributed by atoms with van der Waals surface area (Å²) in [6.45, 7) is 0.0318. The number of aliphatic carboxylic acids is 1. The number of carbonyl (C=O) groups excluding carboxylic acids is 5. The number of carboxylic acids is 1. The second-order valence-corrected chi connectivity index (χ2v) is 13.8. The molecule has 3 aliphatic rings. The van der Waals surface area contributed by atoms with E-state index in [0.717, 1.165) is 23.5 Å². The zero-order valence-corrected chi connectivity index (χ0v) is 29.3. The van der Waals surface area contributed by atoms with Crippen molar-refractivity contribution < 1.29 is 56.5 Å². The highest BCUT2D eigenvalue weighted by Gasteiger charge is 2.43. The number of aromatic nitrogens is 1. The van der Waals surface area contributed by atoms with Crippen LogP contribution in [0.15, 0.2) is 47.8 Å². The van der Waals surface area contributed by atoms with Crippen molar-refractivity contribution in [2.75, 3.05) is 19.9 Å². The molecule has 5 N–H and O–H groups in total. The Balaban J connectivity index is 1.22. The molecule has 0 spiro atoms. The van der Waals surface area contributed by atoms with Gasteiger partial charge < -0.3 is 40.7 Å². The molecule has 0 bridgehead atoms. The van der Waals surface area contributed by atoms with Crippen LogP contribution in [0.2, 0.25) is 0 Å². The van der Waals surface area contributed by atoms with Crippen molar-refractivity contribution in [2.24, 2.45) is 0 Å². The van der Waals surface area contributed by atoms with E-state index in [-0.39, 0.29) is 61.8 Å². The number of hydrogen-bond acceptors (Lipinski definition) is 10. The second kappa shape index (κ2) is 16.1. The molecule has 15 nitrogen and oxygen atoms in total. The first-order valence-electron chi connectivity index (χ1n) is 17.0. The van der Waals surface area contributed by atoms with Crippen molar-refractivity contribution in [3.63, 3.8) is 0 Å².